The molecule has 1 aliphatic heterocycles. The number of aliphatic carboxylic acids is 1. The molecular formula is C13H16N2O4. The smallest absolute Gasteiger partial charge is 0.326 e. The van der Waals surface area contributed by atoms with Crippen LogP contribution >= 0.6 is 0 Å². The lowest BCUT2D eigenvalue weighted by Gasteiger charge is -2.24. The molecule has 0 saturated carbocycles. The molecule has 1 amide bonds. The second kappa shape index (κ2) is 5.79. The van der Waals surface area contributed by atoms with E-state index in [1.165, 1.54) is 4.90 Å². The van der Waals surface area contributed by atoms with E-state index in [9.17, 15) is 14.7 Å². The number of carboxylic acid groups (broad SMARTS) is 1. The Bertz CT molecular complexity index is 463. The van der Waals surface area contributed by atoms with Crippen molar-refractivity contribution in [3.8, 4) is 0 Å². The second-order valence-electron chi connectivity index (χ2n) is 4.72. The third-order valence-electron chi connectivity index (χ3n) is 3.31. The molecule has 1 saturated heterocycles. The Morgan fingerprint density at radius 2 is 2.37 bits per heavy atom. The minimum absolute atomic E-state index is 0.0958. The zero-order valence-electron chi connectivity index (χ0n) is 10.4. The zero-order valence-corrected chi connectivity index (χ0v) is 10.4. The summed E-state index contributed by atoms with van der Waals surface area (Å²) in [4.78, 5) is 28.5. The van der Waals surface area contributed by atoms with Gasteiger partial charge in [0.25, 0.3) is 0 Å². The van der Waals surface area contributed by atoms with Crippen LogP contribution in [0.4, 0.5) is 0 Å². The first-order valence-corrected chi connectivity index (χ1v) is 6.14. The summed E-state index contributed by atoms with van der Waals surface area (Å²) in [6, 6.07) is 2.62. The zero-order chi connectivity index (χ0) is 13.8. The summed E-state index contributed by atoms with van der Waals surface area (Å²) in [5.74, 6) is -1.41. The highest BCUT2D eigenvalue weighted by Crippen LogP contribution is 2.21. The Labute approximate surface area is 110 Å². The van der Waals surface area contributed by atoms with E-state index in [-0.39, 0.29) is 31.3 Å². The molecule has 1 fully saturated rings. The Kier molecular flexibility index (Phi) is 4.11. The lowest BCUT2D eigenvalue weighted by Crippen LogP contribution is -2.43. The molecule has 0 aromatic carbocycles. The van der Waals surface area contributed by atoms with Gasteiger partial charge in [0.1, 0.15) is 6.04 Å². The number of carbonyl (C=O) groups is 2. The van der Waals surface area contributed by atoms with Gasteiger partial charge in [-0.05, 0) is 11.6 Å². The SMILES string of the molecule is O=C(O)C(Cc1cccnc1)N1CC(CO)CC1=O. The summed E-state index contributed by atoms with van der Waals surface area (Å²) in [5, 5.41) is 18.4. The predicted octanol–water partition coefficient (Wildman–Crippen LogP) is -0.0819. The summed E-state index contributed by atoms with van der Waals surface area (Å²) in [5.41, 5.74) is 0.773. The molecule has 0 bridgehead atoms. The number of amides is 1. The fraction of sp³-hybridized carbons (Fsp3) is 0.462. The molecule has 1 aliphatic rings. The minimum atomic E-state index is -1.03. The fourth-order valence-corrected chi connectivity index (χ4v) is 2.31. The highest BCUT2D eigenvalue weighted by atomic mass is 16.4. The van der Waals surface area contributed by atoms with Crippen molar-refractivity contribution in [2.45, 2.75) is 18.9 Å². The van der Waals surface area contributed by atoms with Crippen LogP contribution in [0, 0.1) is 5.92 Å². The number of carboxylic acids is 1. The molecule has 2 N–H and O–H groups in total. The van der Waals surface area contributed by atoms with Crippen LogP contribution in [0.2, 0.25) is 0 Å². The van der Waals surface area contributed by atoms with E-state index in [1.54, 1.807) is 24.5 Å². The van der Waals surface area contributed by atoms with Crippen LogP contribution in [0.3, 0.4) is 0 Å². The van der Waals surface area contributed by atoms with Crippen molar-refractivity contribution < 1.29 is 19.8 Å². The first kappa shape index (κ1) is 13.5. The van der Waals surface area contributed by atoms with Crippen LogP contribution in [0.1, 0.15) is 12.0 Å². The third kappa shape index (κ3) is 3.08. The van der Waals surface area contributed by atoms with Crippen LogP contribution in [-0.2, 0) is 16.0 Å². The molecule has 2 rings (SSSR count). The van der Waals surface area contributed by atoms with Crippen LogP contribution < -0.4 is 0 Å². The van der Waals surface area contributed by atoms with Crippen LogP contribution in [0.15, 0.2) is 24.5 Å². The Morgan fingerprint density at radius 3 is 2.89 bits per heavy atom. The van der Waals surface area contributed by atoms with Gasteiger partial charge in [0.05, 0.1) is 0 Å². The average Bonchev–Trinajstić information content (AvgIpc) is 2.78. The van der Waals surface area contributed by atoms with E-state index in [0.29, 0.717) is 6.54 Å². The van der Waals surface area contributed by atoms with Crippen molar-refractivity contribution in [1.29, 1.82) is 0 Å². The summed E-state index contributed by atoms with van der Waals surface area (Å²) in [6.07, 6.45) is 3.66. The summed E-state index contributed by atoms with van der Waals surface area (Å²) < 4.78 is 0. The van der Waals surface area contributed by atoms with Gasteiger partial charge < -0.3 is 15.1 Å². The van der Waals surface area contributed by atoms with Crippen molar-refractivity contribution in [3.05, 3.63) is 30.1 Å². The number of nitrogens with zero attached hydrogens (tertiary/aromatic N) is 2. The monoisotopic (exact) mass is 264 g/mol. The van der Waals surface area contributed by atoms with E-state index < -0.39 is 12.0 Å². The Balaban J connectivity index is 2.13. The fourth-order valence-electron chi connectivity index (χ4n) is 2.31. The molecular weight excluding hydrogens is 248 g/mol. The quantitative estimate of drug-likeness (QED) is 0.776. The van der Waals surface area contributed by atoms with E-state index in [0.717, 1.165) is 5.56 Å². The van der Waals surface area contributed by atoms with E-state index in [1.807, 2.05) is 0 Å². The molecule has 2 unspecified atom stereocenters. The molecule has 0 spiro atoms. The number of pyridine rings is 1. The van der Waals surface area contributed by atoms with Crippen molar-refractivity contribution >= 4 is 11.9 Å². The van der Waals surface area contributed by atoms with Gasteiger partial charge in [-0.1, -0.05) is 6.07 Å². The molecule has 19 heavy (non-hydrogen) atoms. The molecule has 6 nitrogen and oxygen atoms in total. The number of aliphatic hydroxyl groups is 1. The maximum Gasteiger partial charge on any atom is 0.326 e. The largest absolute Gasteiger partial charge is 0.480 e. The molecule has 102 valence electrons. The van der Waals surface area contributed by atoms with Crippen LogP contribution in [-0.4, -0.2) is 51.2 Å². The second-order valence-corrected chi connectivity index (χ2v) is 4.72. The lowest BCUT2D eigenvalue weighted by molar-refractivity contribution is -0.148. The topological polar surface area (TPSA) is 90.7 Å². The van der Waals surface area contributed by atoms with E-state index >= 15 is 0 Å². The van der Waals surface area contributed by atoms with Crippen molar-refractivity contribution in [2.75, 3.05) is 13.2 Å². The standard InChI is InChI=1S/C13H16N2O4/c16-8-10-5-12(17)15(7-10)11(13(18)19)4-9-2-1-3-14-6-9/h1-3,6,10-11,16H,4-5,7-8H2,(H,18,19). The van der Waals surface area contributed by atoms with Gasteiger partial charge >= 0.3 is 5.97 Å². The number of carbonyl (C=O) groups excluding carboxylic acids is 1. The molecule has 1 aromatic heterocycles. The first-order chi connectivity index (χ1) is 9.11. The van der Waals surface area contributed by atoms with Crippen LogP contribution in [0.25, 0.3) is 0 Å². The Morgan fingerprint density at radius 1 is 1.58 bits per heavy atom. The molecule has 6 heteroatoms. The van der Waals surface area contributed by atoms with Gasteiger partial charge in [0.2, 0.25) is 5.91 Å². The van der Waals surface area contributed by atoms with Gasteiger partial charge in [-0.2, -0.15) is 0 Å². The first-order valence-electron chi connectivity index (χ1n) is 6.14. The van der Waals surface area contributed by atoms with E-state index in [2.05, 4.69) is 4.98 Å². The van der Waals surface area contributed by atoms with Crippen LogP contribution in [0.5, 0.6) is 0 Å². The van der Waals surface area contributed by atoms with Crippen molar-refractivity contribution in [3.63, 3.8) is 0 Å². The average molecular weight is 264 g/mol. The summed E-state index contributed by atoms with van der Waals surface area (Å²) in [7, 11) is 0. The van der Waals surface area contributed by atoms with E-state index in [4.69, 9.17) is 5.11 Å². The third-order valence-corrected chi connectivity index (χ3v) is 3.31. The van der Waals surface area contributed by atoms with Gasteiger partial charge in [0.15, 0.2) is 0 Å². The lowest BCUT2D eigenvalue weighted by atomic mass is 10.1. The molecule has 1 aromatic rings. The number of likely N-dealkylation sites (tertiary alicyclic amines) is 1. The number of aliphatic hydroxyl groups excluding tert-OH is 1. The van der Waals surface area contributed by atoms with Gasteiger partial charge in [0, 0.05) is 44.3 Å². The number of hydrogen-bond acceptors (Lipinski definition) is 4. The highest BCUT2D eigenvalue weighted by molar-refractivity contribution is 5.85. The molecule has 2 atom stereocenters. The number of aromatic nitrogens is 1. The van der Waals surface area contributed by atoms with Crippen molar-refractivity contribution in [2.24, 2.45) is 5.92 Å². The maximum atomic E-state index is 11.8. The molecule has 0 radical (unpaired) electrons. The molecule has 0 aliphatic carbocycles. The number of rotatable bonds is 5. The van der Waals surface area contributed by atoms with Gasteiger partial charge in [-0.25, -0.2) is 4.79 Å². The summed E-state index contributed by atoms with van der Waals surface area (Å²) >= 11 is 0. The number of hydrogen-bond donors (Lipinski definition) is 2. The highest BCUT2D eigenvalue weighted by Gasteiger charge is 2.37. The van der Waals surface area contributed by atoms with Gasteiger partial charge in [-0.3, -0.25) is 9.78 Å². The van der Waals surface area contributed by atoms with Crippen molar-refractivity contribution in [1.82, 2.24) is 9.88 Å². The Hall–Kier alpha value is -1.95. The van der Waals surface area contributed by atoms with Gasteiger partial charge in [-0.15, -0.1) is 0 Å². The maximum absolute atomic E-state index is 11.8. The predicted molar refractivity (Wildman–Crippen MR) is 66.3 cm³/mol. The minimum Gasteiger partial charge on any atom is -0.480 e. The normalized spacial score (nSPS) is 20.6. The summed E-state index contributed by atoms with van der Waals surface area (Å²) in [6.45, 7) is 0.202. The molecule has 2 heterocycles.